The van der Waals surface area contributed by atoms with Crippen molar-refractivity contribution < 1.29 is 14.6 Å². The van der Waals surface area contributed by atoms with Gasteiger partial charge in [-0.25, -0.2) is 0 Å². The summed E-state index contributed by atoms with van der Waals surface area (Å²) in [5.74, 6) is 8.38. The van der Waals surface area contributed by atoms with Gasteiger partial charge in [0.2, 0.25) is 0 Å². The predicted molar refractivity (Wildman–Crippen MR) is 144 cm³/mol. The highest BCUT2D eigenvalue weighted by atomic mass is 16.5. The Morgan fingerprint density at radius 2 is 1.81 bits per heavy atom. The van der Waals surface area contributed by atoms with Crippen molar-refractivity contribution in [3.8, 4) is 0 Å². The zero-order chi connectivity index (χ0) is 26.5. The lowest BCUT2D eigenvalue weighted by Crippen LogP contribution is -2.71. The summed E-state index contributed by atoms with van der Waals surface area (Å²) in [5.41, 5.74) is 4.21. The minimum atomic E-state index is -0.502. The number of carbonyl (C=O) groups is 1. The number of fused-ring (bicyclic) bond motifs is 3. The van der Waals surface area contributed by atoms with E-state index < -0.39 is 6.10 Å². The molecule has 1 aliphatic heterocycles. The number of rotatable bonds is 4. The number of nitrogens with two attached hydrogens (primary N) is 1. The maximum Gasteiger partial charge on any atom is 0.134 e. The van der Waals surface area contributed by atoms with Crippen molar-refractivity contribution in [2.45, 2.75) is 106 Å². The minimum absolute atomic E-state index is 0.0190. The number of nitrogens with one attached hydrogen (secondary N) is 1. The topological polar surface area (TPSA) is 84.6 Å². The predicted octanol–water partition coefficient (Wildman–Crippen LogP) is 5.27. The second kappa shape index (κ2) is 8.37. The van der Waals surface area contributed by atoms with Crippen LogP contribution in [0.5, 0.6) is 0 Å². The van der Waals surface area contributed by atoms with E-state index in [1.807, 2.05) is 6.92 Å². The first-order valence-electron chi connectivity index (χ1n) is 14.7. The Morgan fingerprint density at radius 3 is 2.42 bits per heavy atom. The number of ketones is 1. The molecule has 36 heavy (non-hydrogen) atoms. The van der Waals surface area contributed by atoms with Crippen LogP contribution in [0.4, 0.5) is 0 Å². The molecule has 4 aliphatic carbocycles. The molecule has 0 aromatic carbocycles. The van der Waals surface area contributed by atoms with Gasteiger partial charge in [-0.1, -0.05) is 60.1 Å². The third kappa shape index (κ3) is 3.12. The number of ether oxygens (including phenoxy) is 1. The van der Waals surface area contributed by atoms with Gasteiger partial charge >= 0.3 is 0 Å². The van der Waals surface area contributed by atoms with Gasteiger partial charge < -0.3 is 9.84 Å². The fourth-order valence-corrected chi connectivity index (χ4v) is 11.2. The largest absolute Gasteiger partial charge is 0.391 e. The number of hydrazine groups is 1. The molecule has 4 N–H and O–H groups in total. The van der Waals surface area contributed by atoms with E-state index in [4.69, 9.17) is 10.6 Å². The molecule has 0 spiro atoms. The Labute approximate surface area is 219 Å². The molecule has 0 amide bonds. The second-order valence-corrected chi connectivity index (χ2v) is 15.0. The summed E-state index contributed by atoms with van der Waals surface area (Å²) in [6.45, 7) is 19.8. The van der Waals surface area contributed by atoms with E-state index in [1.165, 1.54) is 6.42 Å². The number of carbonyl (C=O) groups excluding carboxylic acids is 1. The first-order chi connectivity index (χ1) is 16.7. The molecule has 1 heterocycles. The zero-order valence-electron chi connectivity index (χ0n) is 24.1. The molecule has 5 rings (SSSR count). The third-order valence-electron chi connectivity index (χ3n) is 13.5. The van der Waals surface area contributed by atoms with Gasteiger partial charge in [0.25, 0.3) is 0 Å². The lowest BCUT2D eigenvalue weighted by molar-refractivity contribution is -0.233. The molecule has 5 aliphatic rings. The number of hydrogen-bond acceptors (Lipinski definition) is 5. The summed E-state index contributed by atoms with van der Waals surface area (Å²) in [6.07, 6.45) is 8.39. The molecule has 0 aromatic rings. The van der Waals surface area contributed by atoms with E-state index in [9.17, 15) is 9.90 Å². The number of hydrogen-bond donors (Lipinski definition) is 3. The Bertz CT molecular complexity index is 948. The van der Waals surface area contributed by atoms with Crippen LogP contribution in [0.1, 0.15) is 93.9 Å². The smallest absolute Gasteiger partial charge is 0.134 e. The van der Waals surface area contributed by atoms with Crippen molar-refractivity contribution in [1.82, 2.24) is 5.43 Å². The fraction of sp³-hybridized carbons (Fsp3) is 0.903. The SMILES string of the molecule is CC(=O)[C@@H]1[C@@](C)([C@H](C)C(C)C)CC[C@]2(C)[C@H]3CC[C@@H]4[C@@]5(COC[C@@]4(C)[C@@H](O)[C@H](NN)C5)C3=CC[C@@]12C. The van der Waals surface area contributed by atoms with E-state index in [0.717, 1.165) is 38.7 Å². The van der Waals surface area contributed by atoms with E-state index in [0.29, 0.717) is 36.1 Å². The average molecular weight is 501 g/mol. The molecule has 5 heteroatoms. The molecule has 11 atom stereocenters. The van der Waals surface area contributed by atoms with Gasteiger partial charge in [-0.3, -0.25) is 16.1 Å². The third-order valence-corrected chi connectivity index (χ3v) is 13.5. The molecule has 1 saturated heterocycles. The van der Waals surface area contributed by atoms with E-state index in [-0.39, 0.29) is 39.0 Å². The number of aliphatic hydroxyl groups excluding tert-OH is 1. The Hall–Kier alpha value is -0.750. The van der Waals surface area contributed by atoms with Crippen LogP contribution in [0.3, 0.4) is 0 Å². The Kier molecular flexibility index (Phi) is 6.24. The van der Waals surface area contributed by atoms with Crippen LogP contribution >= 0.6 is 0 Å². The molecule has 4 fully saturated rings. The summed E-state index contributed by atoms with van der Waals surface area (Å²) in [5, 5.41) is 11.3. The second-order valence-electron chi connectivity index (χ2n) is 15.0. The summed E-state index contributed by atoms with van der Waals surface area (Å²) < 4.78 is 6.33. The van der Waals surface area contributed by atoms with Gasteiger partial charge in [0.05, 0.1) is 19.3 Å². The van der Waals surface area contributed by atoms with Crippen LogP contribution < -0.4 is 11.3 Å². The first-order valence-corrected chi connectivity index (χ1v) is 14.7. The van der Waals surface area contributed by atoms with E-state index in [2.05, 4.69) is 60.0 Å². The molecule has 0 aromatic heterocycles. The minimum Gasteiger partial charge on any atom is -0.391 e. The summed E-state index contributed by atoms with van der Waals surface area (Å²) >= 11 is 0. The molecule has 2 bridgehead atoms. The van der Waals surface area contributed by atoms with E-state index >= 15 is 0 Å². The molecule has 0 unspecified atom stereocenters. The van der Waals surface area contributed by atoms with Crippen LogP contribution in [0, 0.1) is 56.7 Å². The highest BCUT2D eigenvalue weighted by Crippen LogP contribution is 2.74. The van der Waals surface area contributed by atoms with Crippen molar-refractivity contribution in [3.05, 3.63) is 11.6 Å². The van der Waals surface area contributed by atoms with Crippen molar-refractivity contribution in [2.75, 3.05) is 13.2 Å². The molecule has 204 valence electrons. The quantitative estimate of drug-likeness (QED) is 0.278. The lowest BCUT2D eigenvalue weighted by Gasteiger charge is -2.71. The normalized spacial score (nSPS) is 53.1. The van der Waals surface area contributed by atoms with Crippen molar-refractivity contribution >= 4 is 5.78 Å². The molecule has 0 radical (unpaired) electrons. The summed E-state index contributed by atoms with van der Waals surface area (Å²) in [6, 6.07) is -0.123. The van der Waals surface area contributed by atoms with Gasteiger partial charge in [-0.2, -0.15) is 0 Å². The lowest BCUT2D eigenvalue weighted by atomic mass is 9.34. The molecular formula is C31H52N2O3. The Balaban J connectivity index is 1.62. The van der Waals surface area contributed by atoms with Gasteiger partial charge in [0, 0.05) is 22.8 Å². The molecular weight excluding hydrogens is 448 g/mol. The highest BCUT2D eigenvalue weighted by Gasteiger charge is 2.70. The number of Topliss-reactive ketones (excluding diaryl/α,β-unsaturated/α-hetero) is 1. The maximum atomic E-state index is 13.6. The van der Waals surface area contributed by atoms with Gasteiger partial charge in [0.15, 0.2) is 0 Å². The van der Waals surface area contributed by atoms with Crippen molar-refractivity contribution in [2.24, 2.45) is 62.5 Å². The summed E-state index contributed by atoms with van der Waals surface area (Å²) in [7, 11) is 0. The number of allylic oxidation sites excluding steroid dienone is 1. The van der Waals surface area contributed by atoms with Crippen molar-refractivity contribution in [1.29, 1.82) is 0 Å². The highest BCUT2D eigenvalue weighted by molar-refractivity contribution is 5.80. The first kappa shape index (κ1) is 26.8. The van der Waals surface area contributed by atoms with E-state index in [1.54, 1.807) is 5.57 Å². The van der Waals surface area contributed by atoms with Gasteiger partial charge in [-0.05, 0) is 85.4 Å². The Morgan fingerprint density at radius 1 is 1.11 bits per heavy atom. The fourth-order valence-electron chi connectivity index (χ4n) is 11.2. The molecule has 5 nitrogen and oxygen atoms in total. The van der Waals surface area contributed by atoms with Crippen LogP contribution in [0.2, 0.25) is 0 Å². The maximum absolute atomic E-state index is 13.6. The van der Waals surface area contributed by atoms with Crippen molar-refractivity contribution in [3.63, 3.8) is 0 Å². The van der Waals surface area contributed by atoms with Crippen LogP contribution in [-0.4, -0.2) is 36.2 Å². The number of aliphatic hydroxyl groups is 1. The average Bonchev–Trinajstić information content (AvgIpc) is 2.81. The van der Waals surface area contributed by atoms with Crippen LogP contribution in [0.25, 0.3) is 0 Å². The summed E-state index contributed by atoms with van der Waals surface area (Å²) in [4.78, 5) is 13.6. The van der Waals surface area contributed by atoms with Crippen LogP contribution in [0.15, 0.2) is 11.6 Å². The van der Waals surface area contributed by atoms with Gasteiger partial charge in [-0.15, -0.1) is 0 Å². The molecule has 3 saturated carbocycles. The monoisotopic (exact) mass is 500 g/mol. The van der Waals surface area contributed by atoms with Crippen LogP contribution in [-0.2, 0) is 9.53 Å². The zero-order valence-corrected chi connectivity index (χ0v) is 24.1. The van der Waals surface area contributed by atoms with Gasteiger partial charge in [0.1, 0.15) is 5.78 Å². The standard InChI is InChI=1S/C31H52N2O3/c1-18(2)19(3)27(5)13-14-29(7)21-9-10-24-28(6)16-36-17-31(24,15-23(33-32)26(28)35)22(21)11-12-30(29,8)25(27)20(4)34/h11,18-19,21,23-26,33,35H,9-10,12-17,32H2,1-8H3/t19-,21+,23-,24+,25-,26+,27-,28-,29-,30+,31+/m1/s1.